The van der Waals surface area contributed by atoms with Crippen LogP contribution in [0.15, 0.2) is 77.5 Å². The number of benzene rings is 2. The van der Waals surface area contributed by atoms with Crippen LogP contribution in [0, 0.1) is 12.8 Å². The number of esters is 2. The molecule has 4 rings (SSSR count). The highest BCUT2D eigenvalue weighted by molar-refractivity contribution is 6.08. The van der Waals surface area contributed by atoms with Gasteiger partial charge in [-0.25, -0.2) is 18.6 Å². The average molecular weight is 551 g/mol. The number of nitrogens with zero attached hydrogens (tertiary/aromatic N) is 2. The summed E-state index contributed by atoms with van der Waals surface area (Å²) >= 11 is 0. The second-order valence-corrected chi connectivity index (χ2v) is 8.58. The fourth-order valence-corrected chi connectivity index (χ4v) is 3.80. The molecule has 2 heterocycles. The van der Waals surface area contributed by atoms with Gasteiger partial charge < -0.3 is 18.6 Å². The van der Waals surface area contributed by atoms with Crippen LogP contribution < -0.4 is 9.47 Å². The normalized spacial score (nSPS) is 11.6. The average Bonchev–Trinajstić information content (AvgIpc) is 3.44. The summed E-state index contributed by atoms with van der Waals surface area (Å²) in [6.45, 7) is 0.767. The number of oxazole rings is 1. The summed E-state index contributed by atoms with van der Waals surface area (Å²) in [5, 5.41) is 0. The van der Waals surface area contributed by atoms with Crippen LogP contribution in [0.1, 0.15) is 32.1 Å². The molecule has 2 aromatic heterocycles. The van der Waals surface area contributed by atoms with Crippen LogP contribution in [0.5, 0.6) is 11.5 Å². The van der Waals surface area contributed by atoms with Gasteiger partial charge in [0.05, 0.1) is 18.4 Å². The molecule has 0 aliphatic rings. The first-order chi connectivity index (χ1) is 19.3. The van der Waals surface area contributed by atoms with Gasteiger partial charge in [-0.1, -0.05) is 24.3 Å². The maximum Gasteiger partial charge on any atom is 0.343 e. The summed E-state index contributed by atoms with van der Waals surface area (Å²) in [6.07, 6.45) is -0.179. The van der Waals surface area contributed by atoms with Gasteiger partial charge in [0.25, 0.3) is 6.43 Å². The van der Waals surface area contributed by atoms with Crippen molar-refractivity contribution < 1.29 is 41.8 Å². The van der Waals surface area contributed by atoms with Crippen molar-refractivity contribution in [1.29, 1.82) is 0 Å². The van der Waals surface area contributed by atoms with Crippen molar-refractivity contribution in [2.75, 3.05) is 13.7 Å². The summed E-state index contributed by atoms with van der Waals surface area (Å²) in [7, 11) is 1.18. The summed E-state index contributed by atoms with van der Waals surface area (Å²) < 4.78 is 46.8. The summed E-state index contributed by atoms with van der Waals surface area (Å²) in [5.74, 6) is -3.35. The van der Waals surface area contributed by atoms with Crippen molar-refractivity contribution in [3.05, 3.63) is 95.6 Å². The van der Waals surface area contributed by atoms with Crippen molar-refractivity contribution in [1.82, 2.24) is 9.97 Å². The predicted molar refractivity (Wildman–Crippen MR) is 137 cm³/mol. The molecule has 0 spiro atoms. The quantitative estimate of drug-likeness (QED) is 0.108. The van der Waals surface area contributed by atoms with Gasteiger partial charge in [0.2, 0.25) is 5.89 Å². The Morgan fingerprint density at radius 2 is 1.77 bits per heavy atom. The third-order valence-corrected chi connectivity index (χ3v) is 5.78. The predicted octanol–water partition coefficient (Wildman–Crippen LogP) is 5.12. The Balaban J connectivity index is 1.58. The Morgan fingerprint density at radius 3 is 2.48 bits per heavy atom. The number of carbonyl (C=O) groups excluding carboxylic acids is 3. The zero-order valence-electron chi connectivity index (χ0n) is 21.5. The molecule has 0 aliphatic carbocycles. The molecule has 2 aromatic carbocycles. The van der Waals surface area contributed by atoms with E-state index in [1.807, 2.05) is 0 Å². The van der Waals surface area contributed by atoms with Gasteiger partial charge in [0.1, 0.15) is 24.5 Å². The van der Waals surface area contributed by atoms with Crippen molar-refractivity contribution in [2.24, 2.45) is 5.92 Å². The number of hydrogen-bond donors (Lipinski definition) is 0. The lowest BCUT2D eigenvalue weighted by Crippen LogP contribution is -2.29. The number of alkyl halides is 2. The van der Waals surface area contributed by atoms with Crippen LogP contribution in [0.3, 0.4) is 0 Å². The Hall–Kier alpha value is -4.93. The van der Waals surface area contributed by atoms with Crippen LogP contribution in [0.4, 0.5) is 8.78 Å². The number of ether oxygens (including phenoxy) is 3. The summed E-state index contributed by atoms with van der Waals surface area (Å²) in [5.41, 5.74) is 1.59. The number of pyridine rings is 1. The number of hydrogen-bond acceptors (Lipinski definition) is 9. The molecule has 9 nitrogen and oxygen atoms in total. The van der Waals surface area contributed by atoms with Crippen LogP contribution in [-0.2, 0) is 16.0 Å². The highest BCUT2D eigenvalue weighted by Crippen LogP contribution is 2.34. The van der Waals surface area contributed by atoms with Gasteiger partial charge in [0.15, 0.2) is 17.3 Å². The molecule has 4 aromatic rings. The third-order valence-electron chi connectivity index (χ3n) is 5.78. The standard InChI is InChI=1S/C29H24F2N2O7/c1-17-7-6-12-32-25(17)26(34)21(29(36)37-2)14-20-15-39-27(33-20)19-10-11-22(23(13-19)38-16-24(30)31)40-28(35)18-8-4-3-5-9-18/h3-13,15,21,24H,14,16H2,1-2H3. The number of halogens is 2. The number of Topliss-reactive ketones (excluding diaryl/α,β-unsaturated/α-hetero) is 1. The Bertz CT molecular complexity index is 1510. The molecule has 1 unspecified atom stereocenters. The molecule has 40 heavy (non-hydrogen) atoms. The Kier molecular flexibility index (Phi) is 8.95. The number of aryl methyl sites for hydroxylation is 1. The van der Waals surface area contributed by atoms with Gasteiger partial charge in [-0.3, -0.25) is 14.6 Å². The van der Waals surface area contributed by atoms with E-state index < -0.39 is 36.7 Å². The minimum absolute atomic E-state index is 0.0583. The lowest BCUT2D eigenvalue weighted by Gasteiger charge is -2.13. The maximum absolute atomic E-state index is 13.1. The van der Waals surface area contributed by atoms with Crippen LogP contribution in [0.2, 0.25) is 0 Å². The first-order valence-electron chi connectivity index (χ1n) is 12.1. The maximum atomic E-state index is 13.1. The fraction of sp³-hybridized carbons (Fsp3) is 0.207. The SMILES string of the molecule is COC(=O)C(Cc1coc(-c2ccc(OC(=O)c3ccccc3)c(OCC(F)F)c2)n1)C(=O)c1ncccc1C. The number of methoxy groups -OCH3 is 1. The zero-order valence-corrected chi connectivity index (χ0v) is 21.5. The minimum Gasteiger partial charge on any atom is -0.484 e. The molecule has 1 atom stereocenters. The lowest BCUT2D eigenvalue weighted by atomic mass is 9.94. The topological polar surface area (TPSA) is 118 Å². The molecule has 0 saturated carbocycles. The van der Waals surface area contributed by atoms with Crippen molar-refractivity contribution in [2.45, 2.75) is 19.8 Å². The zero-order chi connectivity index (χ0) is 28.6. The second kappa shape index (κ2) is 12.7. The molecule has 0 bridgehead atoms. The van der Waals surface area contributed by atoms with Gasteiger partial charge in [-0.2, -0.15) is 0 Å². The van der Waals surface area contributed by atoms with Crippen LogP contribution in [0.25, 0.3) is 11.5 Å². The summed E-state index contributed by atoms with van der Waals surface area (Å²) in [6, 6.07) is 15.7. The molecule has 0 amide bonds. The summed E-state index contributed by atoms with van der Waals surface area (Å²) in [4.78, 5) is 46.5. The van der Waals surface area contributed by atoms with E-state index in [1.54, 1.807) is 49.4 Å². The van der Waals surface area contributed by atoms with Gasteiger partial charge >= 0.3 is 11.9 Å². The molecule has 0 saturated heterocycles. The van der Waals surface area contributed by atoms with E-state index in [1.165, 1.54) is 37.8 Å². The first kappa shape index (κ1) is 28.1. The van der Waals surface area contributed by atoms with Crippen molar-refractivity contribution in [3.63, 3.8) is 0 Å². The van der Waals surface area contributed by atoms with Gasteiger partial charge in [0, 0.05) is 18.2 Å². The molecule has 0 aliphatic heterocycles. The molecule has 0 radical (unpaired) electrons. The molecule has 0 N–H and O–H groups in total. The van der Waals surface area contributed by atoms with E-state index in [0.717, 1.165) is 0 Å². The second-order valence-electron chi connectivity index (χ2n) is 8.58. The molecule has 0 fully saturated rings. The van der Waals surface area contributed by atoms with Gasteiger partial charge in [-0.05, 0) is 48.9 Å². The molecular weight excluding hydrogens is 526 g/mol. The smallest absolute Gasteiger partial charge is 0.343 e. The highest BCUT2D eigenvalue weighted by atomic mass is 19.3. The Labute approximate surface area is 227 Å². The number of rotatable bonds is 11. The van der Waals surface area contributed by atoms with E-state index in [0.29, 0.717) is 11.1 Å². The van der Waals surface area contributed by atoms with Gasteiger partial charge in [-0.15, -0.1) is 0 Å². The van der Waals surface area contributed by atoms with Crippen molar-refractivity contribution in [3.8, 4) is 23.0 Å². The minimum atomic E-state index is -2.77. The van der Waals surface area contributed by atoms with E-state index in [4.69, 9.17) is 18.6 Å². The number of carbonyl (C=O) groups is 3. The molecule has 206 valence electrons. The monoisotopic (exact) mass is 550 g/mol. The number of aromatic nitrogens is 2. The Morgan fingerprint density at radius 1 is 1.00 bits per heavy atom. The van der Waals surface area contributed by atoms with E-state index in [2.05, 4.69) is 9.97 Å². The molecule has 11 heteroatoms. The third kappa shape index (κ3) is 6.73. The van der Waals surface area contributed by atoms with Crippen molar-refractivity contribution >= 4 is 17.7 Å². The molecular formula is C29H24F2N2O7. The fourth-order valence-electron chi connectivity index (χ4n) is 3.80. The van der Waals surface area contributed by atoms with E-state index >= 15 is 0 Å². The van der Waals surface area contributed by atoms with E-state index in [9.17, 15) is 23.2 Å². The lowest BCUT2D eigenvalue weighted by molar-refractivity contribution is -0.143. The van der Waals surface area contributed by atoms with Crippen LogP contribution >= 0.6 is 0 Å². The van der Waals surface area contributed by atoms with Crippen LogP contribution in [-0.4, -0.2) is 47.8 Å². The number of ketones is 1. The highest BCUT2D eigenvalue weighted by Gasteiger charge is 2.32. The van der Waals surface area contributed by atoms with E-state index in [-0.39, 0.29) is 40.8 Å². The first-order valence-corrected chi connectivity index (χ1v) is 12.1. The largest absolute Gasteiger partial charge is 0.484 e.